The van der Waals surface area contributed by atoms with Crippen LogP contribution in [0.3, 0.4) is 0 Å². The van der Waals surface area contributed by atoms with Crippen molar-refractivity contribution in [1.82, 2.24) is 4.98 Å². The molecule has 0 aliphatic rings. The molecule has 0 saturated heterocycles. The highest BCUT2D eigenvalue weighted by Crippen LogP contribution is 2.11. The van der Waals surface area contributed by atoms with Crippen LogP contribution in [-0.2, 0) is 6.61 Å². The summed E-state index contributed by atoms with van der Waals surface area (Å²) in [5.41, 5.74) is 1.19. The fourth-order valence-corrected chi connectivity index (χ4v) is 1.34. The molecule has 0 saturated carbocycles. The van der Waals surface area contributed by atoms with Gasteiger partial charge in [-0.1, -0.05) is 12.1 Å². The van der Waals surface area contributed by atoms with Crippen molar-refractivity contribution >= 4 is 5.97 Å². The zero-order chi connectivity index (χ0) is 12.1. The van der Waals surface area contributed by atoms with Crippen LogP contribution in [0, 0.1) is 0 Å². The molecule has 0 unspecified atom stereocenters. The third-order valence-corrected chi connectivity index (χ3v) is 2.24. The summed E-state index contributed by atoms with van der Waals surface area (Å²) in [5, 5.41) is 8.74. The Morgan fingerprint density at radius 3 is 2.59 bits per heavy atom. The van der Waals surface area contributed by atoms with Gasteiger partial charge < -0.3 is 9.84 Å². The van der Waals surface area contributed by atoms with Crippen LogP contribution in [0.1, 0.15) is 15.9 Å². The first kappa shape index (κ1) is 11.1. The SMILES string of the molecule is O=C(O)c1ccc(COc2cccnc2)cc1. The van der Waals surface area contributed by atoms with Gasteiger partial charge in [0.25, 0.3) is 0 Å². The van der Waals surface area contributed by atoms with Gasteiger partial charge in [0, 0.05) is 6.20 Å². The predicted octanol–water partition coefficient (Wildman–Crippen LogP) is 2.36. The molecule has 4 nitrogen and oxygen atoms in total. The van der Waals surface area contributed by atoms with E-state index in [4.69, 9.17) is 9.84 Å². The number of aromatic nitrogens is 1. The largest absolute Gasteiger partial charge is 0.487 e. The molecule has 2 aromatic rings. The van der Waals surface area contributed by atoms with Gasteiger partial charge in [0.1, 0.15) is 12.4 Å². The van der Waals surface area contributed by atoms with E-state index in [9.17, 15) is 4.79 Å². The van der Waals surface area contributed by atoms with E-state index in [2.05, 4.69) is 4.98 Å². The van der Waals surface area contributed by atoms with E-state index in [0.29, 0.717) is 12.4 Å². The Bertz CT molecular complexity index is 494. The van der Waals surface area contributed by atoms with Crippen LogP contribution >= 0.6 is 0 Å². The molecule has 0 aliphatic carbocycles. The van der Waals surface area contributed by atoms with Crippen LogP contribution in [0.15, 0.2) is 48.8 Å². The summed E-state index contributed by atoms with van der Waals surface area (Å²) in [5.74, 6) is -0.237. The second-order valence-corrected chi connectivity index (χ2v) is 3.48. The number of rotatable bonds is 4. The minimum absolute atomic E-state index is 0.273. The first-order chi connectivity index (χ1) is 8.25. The summed E-state index contributed by atoms with van der Waals surface area (Å²) in [6.07, 6.45) is 3.31. The van der Waals surface area contributed by atoms with Gasteiger partial charge in [0.15, 0.2) is 0 Å². The van der Waals surface area contributed by atoms with Crippen molar-refractivity contribution in [3.63, 3.8) is 0 Å². The van der Waals surface area contributed by atoms with Crippen molar-refractivity contribution < 1.29 is 14.6 Å². The van der Waals surface area contributed by atoms with Crippen molar-refractivity contribution in [2.45, 2.75) is 6.61 Å². The summed E-state index contributed by atoms with van der Waals surface area (Å²) in [7, 11) is 0. The summed E-state index contributed by atoms with van der Waals surface area (Å²) in [4.78, 5) is 14.6. The van der Waals surface area contributed by atoms with Crippen LogP contribution in [-0.4, -0.2) is 16.1 Å². The molecule has 0 aliphatic heterocycles. The van der Waals surface area contributed by atoms with Gasteiger partial charge in [-0.25, -0.2) is 4.79 Å². The Morgan fingerprint density at radius 2 is 2.00 bits per heavy atom. The fourth-order valence-electron chi connectivity index (χ4n) is 1.34. The number of hydrogen-bond donors (Lipinski definition) is 1. The normalized spacial score (nSPS) is 9.88. The van der Waals surface area contributed by atoms with Crippen LogP contribution in [0.4, 0.5) is 0 Å². The Balaban J connectivity index is 1.98. The first-order valence-corrected chi connectivity index (χ1v) is 5.11. The number of carbonyl (C=O) groups is 1. The molecule has 17 heavy (non-hydrogen) atoms. The van der Waals surface area contributed by atoms with E-state index in [0.717, 1.165) is 5.56 Å². The maximum atomic E-state index is 10.7. The minimum Gasteiger partial charge on any atom is -0.487 e. The summed E-state index contributed by atoms with van der Waals surface area (Å²) < 4.78 is 5.48. The fraction of sp³-hybridized carbons (Fsp3) is 0.0769. The Kier molecular flexibility index (Phi) is 3.35. The van der Waals surface area contributed by atoms with Gasteiger partial charge in [0.05, 0.1) is 11.8 Å². The van der Waals surface area contributed by atoms with Gasteiger partial charge in [-0.3, -0.25) is 4.98 Å². The van der Waals surface area contributed by atoms with E-state index in [1.165, 1.54) is 0 Å². The van der Waals surface area contributed by atoms with Crippen molar-refractivity contribution in [2.75, 3.05) is 0 Å². The standard InChI is InChI=1S/C13H11NO3/c15-13(16)11-5-3-10(4-6-11)9-17-12-2-1-7-14-8-12/h1-8H,9H2,(H,15,16). The van der Waals surface area contributed by atoms with Crippen LogP contribution in [0.25, 0.3) is 0 Å². The number of ether oxygens (including phenoxy) is 1. The van der Waals surface area contributed by atoms with E-state index >= 15 is 0 Å². The Morgan fingerprint density at radius 1 is 1.24 bits per heavy atom. The summed E-state index contributed by atoms with van der Waals surface area (Å²) in [6, 6.07) is 10.2. The highest BCUT2D eigenvalue weighted by Gasteiger charge is 2.02. The second kappa shape index (κ2) is 5.12. The number of pyridine rings is 1. The lowest BCUT2D eigenvalue weighted by molar-refractivity contribution is 0.0697. The number of carboxylic acids is 1. The van der Waals surface area contributed by atoms with E-state index < -0.39 is 5.97 Å². The lowest BCUT2D eigenvalue weighted by Crippen LogP contribution is -1.98. The lowest BCUT2D eigenvalue weighted by Gasteiger charge is -2.05. The molecule has 0 radical (unpaired) electrons. The van der Waals surface area contributed by atoms with Crippen molar-refractivity contribution in [3.8, 4) is 5.75 Å². The molecule has 2 rings (SSSR count). The molecule has 1 heterocycles. The number of carboxylic acid groups (broad SMARTS) is 1. The van der Waals surface area contributed by atoms with Crippen LogP contribution in [0.2, 0.25) is 0 Å². The summed E-state index contributed by atoms with van der Waals surface area (Å²) in [6.45, 7) is 0.394. The molecule has 86 valence electrons. The third kappa shape index (κ3) is 3.04. The monoisotopic (exact) mass is 229 g/mol. The van der Waals surface area contributed by atoms with Crippen molar-refractivity contribution in [2.24, 2.45) is 0 Å². The Labute approximate surface area is 98.5 Å². The average Bonchev–Trinajstić information content (AvgIpc) is 2.38. The first-order valence-electron chi connectivity index (χ1n) is 5.11. The molecular formula is C13H11NO3. The maximum Gasteiger partial charge on any atom is 0.335 e. The molecule has 4 heteroatoms. The van der Waals surface area contributed by atoms with E-state index in [1.54, 1.807) is 42.7 Å². The number of benzene rings is 1. The quantitative estimate of drug-likeness (QED) is 0.874. The Hall–Kier alpha value is -2.36. The van der Waals surface area contributed by atoms with E-state index in [-0.39, 0.29) is 5.56 Å². The molecule has 1 N–H and O–H groups in total. The second-order valence-electron chi connectivity index (χ2n) is 3.48. The number of nitrogens with zero attached hydrogens (tertiary/aromatic N) is 1. The highest BCUT2D eigenvalue weighted by atomic mass is 16.5. The minimum atomic E-state index is -0.926. The van der Waals surface area contributed by atoms with Gasteiger partial charge in [-0.15, -0.1) is 0 Å². The van der Waals surface area contributed by atoms with Gasteiger partial charge >= 0.3 is 5.97 Å². The highest BCUT2D eigenvalue weighted by molar-refractivity contribution is 5.87. The molecule has 1 aromatic heterocycles. The molecule has 0 fully saturated rings. The molecule has 1 aromatic carbocycles. The molecule has 0 amide bonds. The third-order valence-electron chi connectivity index (χ3n) is 2.24. The molecule has 0 spiro atoms. The van der Waals surface area contributed by atoms with E-state index in [1.807, 2.05) is 6.07 Å². The summed E-state index contributed by atoms with van der Waals surface area (Å²) >= 11 is 0. The smallest absolute Gasteiger partial charge is 0.335 e. The van der Waals surface area contributed by atoms with Crippen LogP contribution < -0.4 is 4.74 Å². The van der Waals surface area contributed by atoms with Gasteiger partial charge in [0.2, 0.25) is 0 Å². The lowest BCUT2D eigenvalue weighted by atomic mass is 10.1. The number of aromatic carboxylic acids is 1. The predicted molar refractivity (Wildman–Crippen MR) is 62.0 cm³/mol. The van der Waals surface area contributed by atoms with Crippen molar-refractivity contribution in [3.05, 3.63) is 59.9 Å². The molecule has 0 atom stereocenters. The zero-order valence-electron chi connectivity index (χ0n) is 9.04. The number of hydrogen-bond acceptors (Lipinski definition) is 3. The zero-order valence-corrected chi connectivity index (χ0v) is 9.04. The molecule has 0 bridgehead atoms. The van der Waals surface area contributed by atoms with Crippen molar-refractivity contribution in [1.29, 1.82) is 0 Å². The molecular weight excluding hydrogens is 218 g/mol. The topological polar surface area (TPSA) is 59.4 Å². The van der Waals surface area contributed by atoms with Gasteiger partial charge in [-0.2, -0.15) is 0 Å². The maximum absolute atomic E-state index is 10.7. The van der Waals surface area contributed by atoms with Gasteiger partial charge in [-0.05, 0) is 29.8 Å². The average molecular weight is 229 g/mol. The van der Waals surface area contributed by atoms with Crippen LogP contribution in [0.5, 0.6) is 5.75 Å².